The molecule has 7 heteroatoms. The van der Waals surface area contributed by atoms with Crippen molar-refractivity contribution in [2.45, 2.75) is 6.18 Å². The normalized spacial score (nSPS) is 11.4. The van der Waals surface area contributed by atoms with Crippen molar-refractivity contribution in [1.82, 2.24) is 4.98 Å². The second-order valence-corrected chi connectivity index (χ2v) is 4.47. The molecule has 0 radical (unpaired) electrons. The van der Waals surface area contributed by atoms with Gasteiger partial charge in [0.25, 0.3) is 0 Å². The molecule has 0 aliphatic carbocycles. The monoisotopic (exact) mass is 335 g/mol. The van der Waals surface area contributed by atoms with E-state index in [4.69, 9.17) is 4.74 Å². The molecular weight excluding hydrogens is 330 g/mol. The lowest BCUT2D eigenvalue weighted by Gasteiger charge is -2.09. The van der Waals surface area contributed by atoms with Gasteiger partial charge in [0.2, 0.25) is 5.88 Å². The summed E-state index contributed by atoms with van der Waals surface area (Å²) in [5.41, 5.74) is -0.909. The van der Waals surface area contributed by atoms with Crippen LogP contribution in [0, 0.1) is 5.82 Å². The van der Waals surface area contributed by atoms with Crippen LogP contribution in [0.3, 0.4) is 0 Å². The fourth-order valence-corrected chi connectivity index (χ4v) is 1.65. The second-order valence-electron chi connectivity index (χ2n) is 3.56. The second kappa shape index (κ2) is 5.16. The van der Waals surface area contributed by atoms with Crippen molar-refractivity contribution in [3.8, 4) is 11.6 Å². The summed E-state index contributed by atoms with van der Waals surface area (Å²) >= 11 is 3.11. The van der Waals surface area contributed by atoms with Gasteiger partial charge in [-0.15, -0.1) is 0 Å². The third-order valence-corrected chi connectivity index (χ3v) is 2.66. The van der Waals surface area contributed by atoms with Crippen molar-refractivity contribution in [1.29, 1.82) is 0 Å². The zero-order chi connectivity index (χ0) is 14.0. The van der Waals surface area contributed by atoms with E-state index < -0.39 is 17.6 Å². The van der Waals surface area contributed by atoms with Gasteiger partial charge in [-0.25, -0.2) is 9.37 Å². The molecule has 0 N–H and O–H groups in total. The molecule has 0 atom stereocenters. The fourth-order valence-electron chi connectivity index (χ4n) is 1.31. The van der Waals surface area contributed by atoms with E-state index >= 15 is 0 Å². The first-order chi connectivity index (χ1) is 8.86. The average Bonchev–Trinajstić information content (AvgIpc) is 2.33. The molecule has 0 bridgehead atoms. The Hall–Kier alpha value is -1.63. The van der Waals surface area contributed by atoms with Crippen LogP contribution in [0.1, 0.15) is 5.56 Å². The highest BCUT2D eigenvalue weighted by Crippen LogP contribution is 2.32. The maximum atomic E-state index is 13.4. The summed E-state index contributed by atoms with van der Waals surface area (Å²) < 4.78 is 56.4. The van der Waals surface area contributed by atoms with Crippen molar-refractivity contribution in [3.05, 3.63) is 52.4 Å². The Morgan fingerprint density at radius 1 is 1.11 bits per heavy atom. The van der Waals surface area contributed by atoms with Crippen LogP contribution in [-0.2, 0) is 6.18 Å². The molecule has 0 fully saturated rings. The summed E-state index contributed by atoms with van der Waals surface area (Å²) in [7, 11) is 0. The molecule has 2 aromatic rings. The molecule has 1 heterocycles. The van der Waals surface area contributed by atoms with E-state index in [0.29, 0.717) is 10.5 Å². The summed E-state index contributed by atoms with van der Waals surface area (Å²) in [6.07, 6.45) is -3.55. The third-order valence-electron chi connectivity index (χ3n) is 2.17. The maximum absolute atomic E-state index is 13.4. The van der Waals surface area contributed by atoms with Crippen LogP contribution in [0.2, 0.25) is 0 Å². The maximum Gasteiger partial charge on any atom is 0.416 e. The van der Waals surface area contributed by atoms with Crippen molar-refractivity contribution in [2.24, 2.45) is 0 Å². The quantitative estimate of drug-likeness (QED) is 0.736. The molecule has 2 nitrogen and oxygen atoms in total. The lowest BCUT2D eigenvalue weighted by atomic mass is 10.2. The lowest BCUT2D eigenvalue weighted by Crippen LogP contribution is -2.05. The summed E-state index contributed by atoms with van der Waals surface area (Å²) in [6, 6.07) is 5.40. The summed E-state index contributed by atoms with van der Waals surface area (Å²) in [5.74, 6) is -1.23. The molecule has 0 unspecified atom stereocenters. The van der Waals surface area contributed by atoms with Crippen LogP contribution in [-0.4, -0.2) is 4.98 Å². The molecule has 19 heavy (non-hydrogen) atoms. The first-order valence-corrected chi connectivity index (χ1v) is 5.82. The van der Waals surface area contributed by atoms with Crippen LogP contribution in [0.4, 0.5) is 17.6 Å². The summed E-state index contributed by atoms with van der Waals surface area (Å²) in [6.45, 7) is 0. The number of alkyl halides is 3. The Bertz CT molecular complexity index is 601. The average molecular weight is 336 g/mol. The molecule has 100 valence electrons. The molecule has 0 aliphatic heterocycles. The predicted octanol–water partition coefficient (Wildman–Crippen LogP) is 4.79. The van der Waals surface area contributed by atoms with E-state index in [1.54, 1.807) is 0 Å². The standard InChI is InChI=1S/C12H6BrF4NO/c13-8-1-2-9(14)10(6-8)19-11-5-7(3-4-18-11)12(15,16)17/h1-6H. The van der Waals surface area contributed by atoms with Crippen molar-refractivity contribution >= 4 is 15.9 Å². The molecule has 1 aromatic carbocycles. The largest absolute Gasteiger partial charge is 0.436 e. The highest BCUT2D eigenvalue weighted by atomic mass is 79.9. The Kier molecular flexibility index (Phi) is 3.75. The van der Waals surface area contributed by atoms with E-state index in [1.807, 2.05) is 0 Å². The van der Waals surface area contributed by atoms with Crippen molar-refractivity contribution in [3.63, 3.8) is 0 Å². The number of hydrogen-bond acceptors (Lipinski definition) is 2. The van der Waals surface area contributed by atoms with Crippen LogP contribution < -0.4 is 4.74 Å². The van der Waals surface area contributed by atoms with Gasteiger partial charge in [-0.05, 0) is 24.3 Å². The molecule has 0 aliphatic rings. The number of pyridine rings is 1. The summed E-state index contributed by atoms with van der Waals surface area (Å²) in [4.78, 5) is 3.61. The van der Waals surface area contributed by atoms with E-state index in [2.05, 4.69) is 20.9 Å². The van der Waals surface area contributed by atoms with Gasteiger partial charge in [0.05, 0.1) is 5.56 Å². The van der Waals surface area contributed by atoms with Gasteiger partial charge in [-0.1, -0.05) is 15.9 Å². The Morgan fingerprint density at radius 2 is 1.84 bits per heavy atom. The van der Waals surface area contributed by atoms with Gasteiger partial charge in [0, 0.05) is 16.7 Å². The number of rotatable bonds is 2. The van der Waals surface area contributed by atoms with Crippen molar-refractivity contribution in [2.75, 3.05) is 0 Å². The van der Waals surface area contributed by atoms with Crippen LogP contribution in [0.5, 0.6) is 11.6 Å². The molecule has 0 amide bonds. The van der Waals surface area contributed by atoms with Crippen LogP contribution in [0.25, 0.3) is 0 Å². The zero-order valence-corrected chi connectivity index (χ0v) is 10.8. The minimum Gasteiger partial charge on any atom is -0.436 e. The number of nitrogens with zero attached hydrogens (tertiary/aromatic N) is 1. The molecule has 2 rings (SSSR count). The number of benzene rings is 1. The minimum absolute atomic E-state index is 0.207. The third kappa shape index (κ3) is 3.44. The van der Waals surface area contributed by atoms with E-state index in [0.717, 1.165) is 18.3 Å². The first-order valence-electron chi connectivity index (χ1n) is 5.02. The first kappa shape index (κ1) is 13.8. The molecular formula is C12H6BrF4NO. The van der Waals surface area contributed by atoms with Crippen molar-refractivity contribution < 1.29 is 22.3 Å². The minimum atomic E-state index is -4.50. The van der Waals surface area contributed by atoms with Gasteiger partial charge in [0.1, 0.15) is 0 Å². The Morgan fingerprint density at radius 3 is 2.53 bits per heavy atom. The van der Waals surface area contributed by atoms with Gasteiger partial charge in [0.15, 0.2) is 11.6 Å². The smallest absolute Gasteiger partial charge is 0.416 e. The number of aromatic nitrogens is 1. The molecule has 0 saturated heterocycles. The molecule has 1 aromatic heterocycles. The molecule has 0 spiro atoms. The van der Waals surface area contributed by atoms with Crippen LogP contribution in [0.15, 0.2) is 41.0 Å². The van der Waals surface area contributed by atoms with Crippen LogP contribution >= 0.6 is 15.9 Å². The fraction of sp³-hybridized carbons (Fsp3) is 0.0833. The van der Waals surface area contributed by atoms with Gasteiger partial charge in [-0.3, -0.25) is 0 Å². The lowest BCUT2D eigenvalue weighted by molar-refractivity contribution is -0.137. The Balaban J connectivity index is 2.31. The Labute approximate surface area is 114 Å². The van der Waals surface area contributed by atoms with E-state index in [1.165, 1.54) is 12.1 Å². The number of hydrogen-bond donors (Lipinski definition) is 0. The predicted molar refractivity (Wildman–Crippen MR) is 63.4 cm³/mol. The SMILES string of the molecule is Fc1ccc(Br)cc1Oc1cc(C(F)(F)F)ccn1. The van der Waals surface area contributed by atoms with Gasteiger partial charge < -0.3 is 4.74 Å². The van der Waals surface area contributed by atoms with E-state index in [9.17, 15) is 17.6 Å². The zero-order valence-electron chi connectivity index (χ0n) is 9.21. The summed E-state index contributed by atoms with van der Waals surface area (Å²) in [5, 5.41) is 0. The number of ether oxygens (including phenoxy) is 1. The van der Waals surface area contributed by atoms with Gasteiger partial charge >= 0.3 is 6.18 Å². The highest BCUT2D eigenvalue weighted by Gasteiger charge is 2.31. The topological polar surface area (TPSA) is 22.1 Å². The van der Waals surface area contributed by atoms with Gasteiger partial charge in [-0.2, -0.15) is 13.2 Å². The molecule has 0 saturated carbocycles. The van der Waals surface area contributed by atoms with E-state index in [-0.39, 0.29) is 11.6 Å². The number of halogens is 5. The highest BCUT2D eigenvalue weighted by molar-refractivity contribution is 9.10.